The van der Waals surface area contributed by atoms with E-state index in [1.165, 1.54) is 0 Å². The third kappa shape index (κ3) is 14.4. The van der Waals surface area contributed by atoms with E-state index < -0.39 is 152 Å². The van der Waals surface area contributed by atoms with Crippen LogP contribution >= 0.6 is 0 Å². The minimum Gasteiger partial charge on any atom is -0.504 e. The molecule has 0 fully saturated rings. The standard InChI is InChI=1S/C44H38O24/c1-18(45)56-29-13-34(59-21(4)48)41(35(14-29)60-22(5)49)66-30-15-33(58-20(3)47)40(63-25(8)52)36(16-30)68-38-17-37(61-23(6)50)42(64-26(9)53)44(65-27(10)54)43(38)67-28-11-31(55)39(62-24(7)51)32(12-28)57-19(2)46/h11-17,55H,1-10H3. The summed E-state index contributed by atoms with van der Waals surface area (Å²) in [4.78, 5) is 123. The van der Waals surface area contributed by atoms with E-state index in [0.29, 0.717) is 0 Å². The first kappa shape index (κ1) is 51.4. The number of carbonyl (C=O) groups excluding carboxylic acids is 10. The lowest BCUT2D eigenvalue weighted by molar-refractivity contribution is -0.135. The number of hydrogen-bond donors (Lipinski definition) is 1. The number of hydrogen-bond acceptors (Lipinski definition) is 24. The van der Waals surface area contributed by atoms with Crippen LogP contribution in [0.3, 0.4) is 0 Å². The normalized spacial score (nSPS) is 10.3. The highest BCUT2D eigenvalue weighted by molar-refractivity contribution is 5.83. The van der Waals surface area contributed by atoms with E-state index in [9.17, 15) is 53.1 Å². The monoisotopic (exact) mass is 950 g/mol. The zero-order chi connectivity index (χ0) is 50.7. The van der Waals surface area contributed by atoms with Crippen molar-refractivity contribution in [3.8, 4) is 97.7 Å². The summed E-state index contributed by atoms with van der Waals surface area (Å²) >= 11 is 0. The second kappa shape index (κ2) is 22.1. The third-order valence-corrected chi connectivity index (χ3v) is 7.29. The largest absolute Gasteiger partial charge is 0.504 e. The van der Waals surface area contributed by atoms with Gasteiger partial charge >= 0.3 is 59.7 Å². The molecule has 0 spiro atoms. The number of aromatic hydroxyl groups is 1. The molecule has 68 heavy (non-hydrogen) atoms. The molecule has 0 radical (unpaired) electrons. The van der Waals surface area contributed by atoms with Crippen LogP contribution in [0.15, 0.2) is 42.5 Å². The smallest absolute Gasteiger partial charge is 0.308 e. The summed E-state index contributed by atoms with van der Waals surface area (Å²) < 4.78 is 71.0. The van der Waals surface area contributed by atoms with Crippen LogP contribution in [0.25, 0.3) is 0 Å². The molecular formula is C44H38O24. The number of esters is 10. The van der Waals surface area contributed by atoms with Crippen molar-refractivity contribution in [3.63, 3.8) is 0 Å². The first-order chi connectivity index (χ1) is 31.8. The van der Waals surface area contributed by atoms with E-state index in [0.717, 1.165) is 112 Å². The Morgan fingerprint density at radius 3 is 1.00 bits per heavy atom. The molecule has 0 heterocycles. The van der Waals surface area contributed by atoms with Gasteiger partial charge in [0.25, 0.3) is 0 Å². The summed E-state index contributed by atoms with van der Waals surface area (Å²) in [7, 11) is 0. The van der Waals surface area contributed by atoms with E-state index in [1.807, 2.05) is 0 Å². The predicted octanol–water partition coefficient (Wildman–Crippen LogP) is 6.02. The molecule has 0 aliphatic heterocycles. The lowest BCUT2D eigenvalue weighted by Crippen LogP contribution is -2.12. The van der Waals surface area contributed by atoms with Crippen LogP contribution in [0.2, 0.25) is 0 Å². The highest BCUT2D eigenvalue weighted by Gasteiger charge is 2.32. The number of phenolic OH excluding ortho intramolecular Hbond substituents is 1. The van der Waals surface area contributed by atoms with E-state index in [2.05, 4.69) is 0 Å². The van der Waals surface area contributed by atoms with Gasteiger partial charge in [0.15, 0.2) is 46.0 Å². The maximum absolute atomic E-state index is 12.7. The quantitative estimate of drug-likeness (QED) is 0.0990. The van der Waals surface area contributed by atoms with E-state index in [4.69, 9.17) is 61.6 Å². The van der Waals surface area contributed by atoms with Crippen LogP contribution in [0.4, 0.5) is 0 Å². The molecule has 0 amide bonds. The molecule has 358 valence electrons. The second-order valence-corrected chi connectivity index (χ2v) is 13.4. The predicted molar refractivity (Wildman–Crippen MR) is 221 cm³/mol. The van der Waals surface area contributed by atoms with Crippen LogP contribution in [-0.4, -0.2) is 64.8 Å². The fourth-order valence-corrected chi connectivity index (χ4v) is 5.41. The van der Waals surface area contributed by atoms with Crippen molar-refractivity contribution < 1.29 is 115 Å². The van der Waals surface area contributed by atoms with Crippen molar-refractivity contribution in [1.29, 1.82) is 0 Å². The van der Waals surface area contributed by atoms with E-state index >= 15 is 0 Å². The minimum absolute atomic E-state index is 0.279. The molecule has 4 aromatic carbocycles. The molecule has 24 heteroatoms. The maximum atomic E-state index is 12.7. The van der Waals surface area contributed by atoms with Gasteiger partial charge in [-0.2, -0.15) is 0 Å². The summed E-state index contributed by atoms with van der Waals surface area (Å²) in [5.41, 5.74) is 0. The van der Waals surface area contributed by atoms with E-state index in [1.54, 1.807) is 0 Å². The molecule has 0 unspecified atom stereocenters. The average Bonchev–Trinajstić information content (AvgIpc) is 3.16. The fraction of sp³-hybridized carbons (Fsp3) is 0.227. The van der Waals surface area contributed by atoms with Gasteiger partial charge in [0.2, 0.25) is 34.5 Å². The van der Waals surface area contributed by atoms with Gasteiger partial charge in [-0.1, -0.05) is 0 Å². The molecule has 1 N–H and O–H groups in total. The van der Waals surface area contributed by atoms with Crippen LogP contribution in [0.1, 0.15) is 69.2 Å². The molecule has 24 nitrogen and oxygen atoms in total. The summed E-state index contributed by atoms with van der Waals surface area (Å²) in [6.45, 7) is 9.68. The lowest BCUT2D eigenvalue weighted by Gasteiger charge is -2.22. The maximum Gasteiger partial charge on any atom is 0.308 e. The van der Waals surface area contributed by atoms with Crippen molar-refractivity contribution in [2.45, 2.75) is 69.2 Å². The highest BCUT2D eigenvalue weighted by Crippen LogP contribution is 2.56. The Morgan fingerprint density at radius 2 is 0.559 bits per heavy atom. The molecule has 4 aromatic rings. The Morgan fingerprint density at radius 1 is 0.265 bits per heavy atom. The molecule has 0 aliphatic rings. The van der Waals surface area contributed by atoms with Gasteiger partial charge in [-0.05, 0) is 0 Å². The van der Waals surface area contributed by atoms with Gasteiger partial charge in [0.05, 0.1) is 0 Å². The Hall–Kier alpha value is -9.22. The van der Waals surface area contributed by atoms with Gasteiger partial charge < -0.3 is 66.7 Å². The fourth-order valence-electron chi connectivity index (χ4n) is 5.41. The molecule has 0 aliphatic carbocycles. The van der Waals surface area contributed by atoms with Crippen LogP contribution in [0.5, 0.6) is 97.7 Å². The summed E-state index contributed by atoms with van der Waals surface area (Å²) in [6.07, 6.45) is 0. The van der Waals surface area contributed by atoms with Gasteiger partial charge in [0.1, 0.15) is 17.2 Å². The Labute approximate surface area is 383 Å². The van der Waals surface area contributed by atoms with Crippen LogP contribution in [0, 0.1) is 0 Å². The molecule has 0 aromatic heterocycles. The number of benzene rings is 4. The topological polar surface area (TPSA) is 311 Å². The summed E-state index contributed by atoms with van der Waals surface area (Å²) in [6, 6.07) is 6.52. The zero-order valence-electron chi connectivity index (χ0n) is 37.4. The van der Waals surface area contributed by atoms with Crippen LogP contribution < -0.4 is 61.6 Å². The summed E-state index contributed by atoms with van der Waals surface area (Å²) in [5.74, 6) is -20.7. The molecule has 0 bridgehead atoms. The number of carbonyl (C=O) groups is 10. The number of rotatable bonds is 16. The minimum atomic E-state index is -1.12. The first-order valence-electron chi connectivity index (χ1n) is 19.1. The second-order valence-electron chi connectivity index (χ2n) is 13.4. The van der Waals surface area contributed by atoms with Crippen LogP contribution in [-0.2, 0) is 47.9 Å². The van der Waals surface area contributed by atoms with E-state index in [-0.39, 0.29) is 5.75 Å². The van der Waals surface area contributed by atoms with Crippen molar-refractivity contribution in [3.05, 3.63) is 42.5 Å². The van der Waals surface area contributed by atoms with Gasteiger partial charge in [-0.25, -0.2) is 0 Å². The Balaban J connectivity index is 2.17. The van der Waals surface area contributed by atoms with Gasteiger partial charge in [-0.3, -0.25) is 47.9 Å². The average molecular weight is 951 g/mol. The van der Waals surface area contributed by atoms with Crippen molar-refractivity contribution in [2.24, 2.45) is 0 Å². The van der Waals surface area contributed by atoms with Crippen molar-refractivity contribution in [1.82, 2.24) is 0 Å². The molecule has 0 saturated heterocycles. The number of ether oxygens (including phenoxy) is 13. The molecule has 4 rings (SSSR count). The molecule has 0 atom stereocenters. The van der Waals surface area contributed by atoms with Gasteiger partial charge in [0, 0.05) is 112 Å². The van der Waals surface area contributed by atoms with Gasteiger partial charge in [-0.15, -0.1) is 0 Å². The number of phenols is 1. The first-order valence-corrected chi connectivity index (χ1v) is 19.1. The Kier molecular flexibility index (Phi) is 16.7. The lowest BCUT2D eigenvalue weighted by atomic mass is 10.2. The van der Waals surface area contributed by atoms with Crippen molar-refractivity contribution in [2.75, 3.05) is 0 Å². The third-order valence-electron chi connectivity index (χ3n) is 7.29. The zero-order valence-corrected chi connectivity index (χ0v) is 37.4. The SMILES string of the molecule is CC(=O)Oc1cc(OC(C)=O)c(Oc2cc(OC(C)=O)c(OC(C)=O)c(Oc3cc(OC(C)=O)c(OC(C)=O)c(OC(C)=O)c3Oc3cc(O)c(OC(C)=O)c(OC(C)=O)c3)c2)c(OC(C)=O)c1. The Bertz CT molecular complexity index is 2730. The molecular weight excluding hydrogens is 912 g/mol. The van der Waals surface area contributed by atoms with Crippen molar-refractivity contribution >= 4 is 59.7 Å². The molecule has 0 saturated carbocycles. The highest BCUT2D eigenvalue weighted by atomic mass is 16.6. The summed E-state index contributed by atoms with van der Waals surface area (Å²) in [5, 5.41) is 10.9.